The summed E-state index contributed by atoms with van der Waals surface area (Å²) in [4.78, 5) is 11.4. The Kier molecular flexibility index (Phi) is 9.84. The minimum atomic E-state index is -0.835. The van der Waals surface area contributed by atoms with Crippen molar-refractivity contribution in [2.45, 2.75) is 39.5 Å². The predicted molar refractivity (Wildman–Crippen MR) is 122 cm³/mol. The van der Waals surface area contributed by atoms with Gasteiger partial charge in [-0.15, -0.1) is 0 Å². The van der Waals surface area contributed by atoms with Gasteiger partial charge in [-0.2, -0.15) is 11.8 Å². The molecule has 0 bridgehead atoms. The lowest BCUT2D eigenvalue weighted by Gasteiger charge is -2.17. The molecule has 0 aliphatic heterocycles. The van der Waals surface area contributed by atoms with Crippen LogP contribution in [0.15, 0.2) is 40.9 Å². The molecule has 2 N–H and O–H groups in total. The Bertz CT molecular complexity index is 798. The average Bonchev–Trinajstić information content (AvgIpc) is 2.69. The number of hydrogen-bond donors (Lipinski definition) is 2. The molecule has 0 aromatic heterocycles. The molecule has 0 saturated heterocycles. The van der Waals surface area contributed by atoms with Crippen molar-refractivity contribution in [1.29, 1.82) is 0 Å². The van der Waals surface area contributed by atoms with Crippen molar-refractivity contribution in [3.8, 4) is 11.5 Å². The highest BCUT2D eigenvalue weighted by Crippen LogP contribution is 2.34. The molecular weight excluding hydrogens is 454 g/mol. The number of hydrogen-bond acceptors (Lipinski definition) is 5. The Balaban J connectivity index is 2.11. The van der Waals surface area contributed by atoms with E-state index in [9.17, 15) is 9.90 Å². The van der Waals surface area contributed by atoms with Crippen LogP contribution in [0.2, 0.25) is 0 Å². The summed E-state index contributed by atoms with van der Waals surface area (Å²) in [5.74, 6) is 1.26. The van der Waals surface area contributed by atoms with Crippen molar-refractivity contribution in [2.24, 2.45) is 0 Å². The zero-order valence-electron chi connectivity index (χ0n) is 17.0. The summed E-state index contributed by atoms with van der Waals surface area (Å²) in [5.41, 5.74) is 3.21. The summed E-state index contributed by atoms with van der Waals surface area (Å²) in [5, 5.41) is 12.5. The summed E-state index contributed by atoms with van der Waals surface area (Å²) in [6.07, 6.45) is 2.55. The molecular formula is C22H28BrNO4S. The standard InChI is InChI=1S/C22H28BrNO4S/c1-4-27-20-11-17(13-24-19(22(25)26)9-10-29-3)18(23)12-21(20)28-14-16-7-5-15(2)6-8-16/h5-8,11-12,19,24H,4,9-10,13-14H2,1-3H3,(H,25,26). The first-order valence-corrected chi connectivity index (χ1v) is 11.7. The lowest BCUT2D eigenvalue weighted by Crippen LogP contribution is -2.36. The van der Waals surface area contributed by atoms with E-state index >= 15 is 0 Å². The van der Waals surface area contributed by atoms with Gasteiger partial charge in [0.15, 0.2) is 11.5 Å². The third kappa shape index (κ3) is 7.57. The fraction of sp³-hybridized carbons (Fsp3) is 0.409. The number of thioether (sulfide) groups is 1. The molecule has 0 heterocycles. The first-order chi connectivity index (χ1) is 13.9. The lowest BCUT2D eigenvalue weighted by molar-refractivity contribution is -0.139. The molecule has 0 aliphatic carbocycles. The molecule has 2 rings (SSSR count). The van der Waals surface area contributed by atoms with Crippen molar-refractivity contribution in [3.05, 3.63) is 57.6 Å². The highest BCUT2D eigenvalue weighted by molar-refractivity contribution is 9.10. The van der Waals surface area contributed by atoms with E-state index in [0.29, 0.717) is 37.7 Å². The molecule has 7 heteroatoms. The van der Waals surface area contributed by atoms with E-state index in [1.165, 1.54) is 5.56 Å². The van der Waals surface area contributed by atoms with E-state index < -0.39 is 12.0 Å². The minimum Gasteiger partial charge on any atom is -0.490 e. The van der Waals surface area contributed by atoms with E-state index in [4.69, 9.17) is 9.47 Å². The van der Waals surface area contributed by atoms with Crippen LogP contribution in [0.3, 0.4) is 0 Å². The van der Waals surface area contributed by atoms with Gasteiger partial charge in [0.05, 0.1) is 6.61 Å². The van der Waals surface area contributed by atoms with Crippen LogP contribution in [-0.4, -0.2) is 35.7 Å². The summed E-state index contributed by atoms with van der Waals surface area (Å²) in [7, 11) is 0. The van der Waals surface area contributed by atoms with Crippen LogP contribution in [-0.2, 0) is 17.9 Å². The number of aliphatic carboxylic acids is 1. The zero-order chi connectivity index (χ0) is 21.2. The van der Waals surface area contributed by atoms with Gasteiger partial charge in [-0.25, -0.2) is 0 Å². The van der Waals surface area contributed by atoms with E-state index in [1.807, 2.05) is 37.4 Å². The monoisotopic (exact) mass is 481 g/mol. The molecule has 0 amide bonds. The number of carboxylic acid groups (broad SMARTS) is 1. The van der Waals surface area contributed by atoms with Crippen LogP contribution in [0, 0.1) is 6.92 Å². The van der Waals surface area contributed by atoms with E-state index in [1.54, 1.807) is 11.8 Å². The molecule has 29 heavy (non-hydrogen) atoms. The number of halogens is 1. The molecule has 2 aromatic rings. The van der Waals surface area contributed by atoms with Crippen molar-refractivity contribution < 1.29 is 19.4 Å². The van der Waals surface area contributed by atoms with Crippen LogP contribution < -0.4 is 14.8 Å². The van der Waals surface area contributed by atoms with Gasteiger partial charge in [0.2, 0.25) is 0 Å². The first-order valence-electron chi connectivity index (χ1n) is 9.53. The summed E-state index contributed by atoms with van der Waals surface area (Å²) in [6, 6.07) is 11.4. The van der Waals surface area contributed by atoms with Crippen molar-refractivity contribution in [3.63, 3.8) is 0 Å². The topological polar surface area (TPSA) is 67.8 Å². The Morgan fingerprint density at radius 2 is 1.90 bits per heavy atom. The molecule has 0 saturated carbocycles. The average molecular weight is 482 g/mol. The number of nitrogens with one attached hydrogen (secondary N) is 1. The fourth-order valence-corrected chi connectivity index (χ4v) is 3.65. The second-order valence-corrected chi connectivity index (χ2v) is 8.49. The number of carbonyl (C=O) groups is 1. The Morgan fingerprint density at radius 1 is 1.21 bits per heavy atom. The van der Waals surface area contributed by atoms with Crippen LogP contribution in [0.1, 0.15) is 30.0 Å². The number of carboxylic acids is 1. The lowest BCUT2D eigenvalue weighted by atomic mass is 10.1. The third-order valence-corrected chi connectivity index (χ3v) is 5.76. The third-order valence-electron chi connectivity index (χ3n) is 4.38. The zero-order valence-corrected chi connectivity index (χ0v) is 19.4. The predicted octanol–water partition coefficient (Wildman–Crippen LogP) is 5.03. The number of ether oxygens (including phenoxy) is 2. The van der Waals surface area contributed by atoms with Gasteiger partial charge in [-0.1, -0.05) is 45.8 Å². The molecule has 0 spiro atoms. The normalized spacial score (nSPS) is 11.9. The number of aryl methyl sites for hydroxylation is 1. The van der Waals surface area contributed by atoms with Crippen LogP contribution in [0.4, 0.5) is 0 Å². The summed E-state index contributed by atoms with van der Waals surface area (Å²) in [6.45, 7) is 5.36. The molecule has 1 unspecified atom stereocenters. The Labute approximate surface area is 185 Å². The molecule has 5 nitrogen and oxygen atoms in total. The van der Waals surface area contributed by atoms with Gasteiger partial charge in [-0.05, 0) is 55.5 Å². The molecule has 2 aromatic carbocycles. The fourth-order valence-electron chi connectivity index (χ4n) is 2.72. The van der Waals surface area contributed by atoms with Gasteiger partial charge in [0.1, 0.15) is 12.6 Å². The Morgan fingerprint density at radius 3 is 2.52 bits per heavy atom. The van der Waals surface area contributed by atoms with E-state index in [2.05, 4.69) is 40.3 Å². The first kappa shape index (κ1) is 23.6. The van der Waals surface area contributed by atoms with Crippen LogP contribution >= 0.6 is 27.7 Å². The van der Waals surface area contributed by atoms with Crippen molar-refractivity contribution in [1.82, 2.24) is 5.32 Å². The highest BCUT2D eigenvalue weighted by atomic mass is 79.9. The second-order valence-electron chi connectivity index (χ2n) is 6.65. The molecule has 1 atom stereocenters. The smallest absolute Gasteiger partial charge is 0.320 e. The summed E-state index contributed by atoms with van der Waals surface area (Å²) >= 11 is 5.22. The Hall–Kier alpha value is -1.70. The van der Waals surface area contributed by atoms with Crippen molar-refractivity contribution >= 4 is 33.7 Å². The van der Waals surface area contributed by atoms with Crippen LogP contribution in [0.25, 0.3) is 0 Å². The van der Waals surface area contributed by atoms with Crippen LogP contribution in [0.5, 0.6) is 11.5 Å². The second kappa shape index (κ2) is 12.1. The highest BCUT2D eigenvalue weighted by Gasteiger charge is 2.18. The number of benzene rings is 2. The maximum absolute atomic E-state index is 11.4. The number of rotatable bonds is 12. The molecule has 158 valence electrons. The van der Waals surface area contributed by atoms with E-state index in [-0.39, 0.29) is 0 Å². The maximum Gasteiger partial charge on any atom is 0.320 e. The molecule has 0 fully saturated rings. The van der Waals surface area contributed by atoms with Gasteiger partial charge >= 0.3 is 5.97 Å². The largest absolute Gasteiger partial charge is 0.490 e. The van der Waals surface area contributed by atoms with Gasteiger partial charge in [0.25, 0.3) is 0 Å². The maximum atomic E-state index is 11.4. The minimum absolute atomic E-state index is 0.421. The molecule has 0 aliphatic rings. The SMILES string of the molecule is CCOc1cc(CNC(CCSC)C(=O)O)c(Br)cc1OCc1ccc(C)cc1. The quantitative estimate of drug-likeness (QED) is 0.442. The van der Waals surface area contributed by atoms with Gasteiger partial charge in [0, 0.05) is 11.0 Å². The molecule has 0 radical (unpaired) electrons. The summed E-state index contributed by atoms with van der Waals surface area (Å²) < 4.78 is 12.6. The van der Waals surface area contributed by atoms with Gasteiger partial charge < -0.3 is 19.9 Å². The van der Waals surface area contributed by atoms with Crippen molar-refractivity contribution in [2.75, 3.05) is 18.6 Å². The van der Waals surface area contributed by atoms with E-state index in [0.717, 1.165) is 21.4 Å². The van der Waals surface area contributed by atoms with Gasteiger partial charge in [-0.3, -0.25) is 4.79 Å².